The minimum Gasteiger partial charge on any atom is -0.396 e. The van der Waals surface area contributed by atoms with E-state index in [0.717, 1.165) is 12.5 Å². The Labute approximate surface area is 93.7 Å². The maximum absolute atomic E-state index is 9.42. The molecule has 0 heterocycles. The molecule has 15 heavy (non-hydrogen) atoms. The van der Waals surface area contributed by atoms with Crippen LogP contribution in [0.15, 0.2) is 0 Å². The van der Waals surface area contributed by atoms with Crippen molar-refractivity contribution in [2.24, 2.45) is 11.3 Å². The predicted octanol–water partition coefficient (Wildman–Crippen LogP) is 2.27. The Bertz CT molecular complexity index is 189. The van der Waals surface area contributed by atoms with Gasteiger partial charge in [0.05, 0.1) is 0 Å². The smallest absolute Gasteiger partial charge is 0.0499 e. The van der Waals surface area contributed by atoms with E-state index in [9.17, 15) is 5.11 Å². The zero-order chi connectivity index (χ0) is 10.7. The molecule has 2 heteroatoms. The molecule has 2 saturated carbocycles. The molecule has 2 aliphatic rings. The summed E-state index contributed by atoms with van der Waals surface area (Å²) in [7, 11) is 2.23. The minimum absolute atomic E-state index is 0.271. The average molecular weight is 211 g/mol. The molecular weight excluding hydrogens is 186 g/mol. The van der Waals surface area contributed by atoms with Crippen LogP contribution in [0, 0.1) is 11.3 Å². The summed E-state index contributed by atoms with van der Waals surface area (Å²) in [5.41, 5.74) is 0.271. The van der Waals surface area contributed by atoms with Crippen molar-refractivity contribution in [1.82, 2.24) is 4.90 Å². The van der Waals surface area contributed by atoms with E-state index in [1.807, 2.05) is 0 Å². The van der Waals surface area contributed by atoms with E-state index in [4.69, 9.17) is 0 Å². The lowest BCUT2D eigenvalue weighted by Crippen LogP contribution is -2.44. The van der Waals surface area contributed by atoms with Gasteiger partial charge in [-0.3, -0.25) is 0 Å². The molecule has 0 aliphatic heterocycles. The highest BCUT2D eigenvalue weighted by Gasteiger charge is 2.37. The lowest BCUT2D eigenvalue weighted by Gasteiger charge is -2.43. The normalized spacial score (nSPS) is 25.8. The quantitative estimate of drug-likeness (QED) is 0.754. The highest BCUT2D eigenvalue weighted by molar-refractivity contribution is 4.89. The topological polar surface area (TPSA) is 23.5 Å². The van der Waals surface area contributed by atoms with Gasteiger partial charge in [0.1, 0.15) is 0 Å². The van der Waals surface area contributed by atoms with Crippen LogP contribution < -0.4 is 0 Å². The Morgan fingerprint density at radius 2 is 1.87 bits per heavy atom. The van der Waals surface area contributed by atoms with Crippen LogP contribution in [0.4, 0.5) is 0 Å². The van der Waals surface area contributed by atoms with E-state index in [1.165, 1.54) is 51.5 Å². The van der Waals surface area contributed by atoms with Crippen molar-refractivity contribution >= 4 is 0 Å². The first-order chi connectivity index (χ1) is 7.24. The minimum atomic E-state index is 0.271. The summed E-state index contributed by atoms with van der Waals surface area (Å²) in [6.45, 7) is 2.75. The highest BCUT2D eigenvalue weighted by Crippen LogP contribution is 2.41. The van der Waals surface area contributed by atoms with Crippen molar-refractivity contribution in [3.8, 4) is 0 Å². The molecule has 0 spiro atoms. The number of rotatable bonds is 5. The van der Waals surface area contributed by atoms with Gasteiger partial charge >= 0.3 is 0 Å². The molecule has 0 unspecified atom stereocenters. The summed E-state index contributed by atoms with van der Waals surface area (Å²) >= 11 is 0. The molecule has 2 rings (SSSR count). The molecule has 0 saturated heterocycles. The molecule has 0 aromatic rings. The lowest BCUT2D eigenvalue weighted by atomic mass is 9.69. The Balaban J connectivity index is 1.73. The van der Waals surface area contributed by atoms with Crippen LogP contribution in [0.3, 0.4) is 0 Å². The highest BCUT2D eigenvalue weighted by atomic mass is 16.3. The van der Waals surface area contributed by atoms with E-state index >= 15 is 0 Å². The van der Waals surface area contributed by atoms with Gasteiger partial charge in [-0.2, -0.15) is 0 Å². The van der Waals surface area contributed by atoms with Crippen molar-refractivity contribution < 1.29 is 5.11 Å². The molecule has 0 aromatic carbocycles. The second-order valence-corrected chi connectivity index (χ2v) is 5.86. The first-order valence-electron chi connectivity index (χ1n) is 6.53. The van der Waals surface area contributed by atoms with Gasteiger partial charge in [0.25, 0.3) is 0 Å². The molecule has 0 atom stereocenters. The first kappa shape index (κ1) is 11.4. The van der Waals surface area contributed by atoms with Crippen molar-refractivity contribution in [3.05, 3.63) is 0 Å². The van der Waals surface area contributed by atoms with Gasteiger partial charge in [-0.15, -0.1) is 0 Å². The monoisotopic (exact) mass is 211 g/mol. The van der Waals surface area contributed by atoms with Crippen LogP contribution in [0.25, 0.3) is 0 Å². The number of aliphatic hydroxyl groups is 1. The summed E-state index contributed by atoms with van der Waals surface area (Å²) in [6.07, 6.45) is 9.51. The van der Waals surface area contributed by atoms with Crippen LogP contribution in [0.1, 0.15) is 44.9 Å². The third-order valence-electron chi connectivity index (χ3n) is 4.40. The molecule has 0 aromatic heterocycles. The fourth-order valence-electron chi connectivity index (χ4n) is 3.31. The van der Waals surface area contributed by atoms with Gasteiger partial charge < -0.3 is 10.0 Å². The molecule has 1 N–H and O–H groups in total. The summed E-state index contributed by atoms with van der Waals surface area (Å²) in [5, 5.41) is 9.42. The maximum Gasteiger partial charge on any atom is 0.0499 e. The van der Waals surface area contributed by atoms with E-state index in [1.54, 1.807) is 0 Å². The van der Waals surface area contributed by atoms with Crippen molar-refractivity contribution in [2.45, 2.75) is 44.9 Å². The van der Waals surface area contributed by atoms with Crippen molar-refractivity contribution in [2.75, 3.05) is 26.7 Å². The number of aliphatic hydroxyl groups excluding tert-OH is 1. The summed E-state index contributed by atoms with van der Waals surface area (Å²) in [4.78, 5) is 2.46. The first-order valence-corrected chi connectivity index (χ1v) is 6.53. The fourth-order valence-corrected chi connectivity index (χ4v) is 3.31. The Morgan fingerprint density at radius 1 is 1.20 bits per heavy atom. The van der Waals surface area contributed by atoms with Gasteiger partial charge in [-0.05, 0) is 38.6 Å². The van der Waals surface area contributed by atoms with Gasteiger partial charge in [0.15, 0.2) is 0 Å². The maximum atomic E-state index is 9.42. The van der Waals surface area contributed by atoms with Gasteiger partial charge in [0, 0.05) is 25.1 Å². The third kappa shape index (κ3) is 2.73. The standard InChI is InChI=1S/C13H25NO/c1-14(9-12-5-2-3-6-12)10-13(11-15)7-4-8-13/h12,15H,2-11H2,1H3. The van der Waals surface area contributed by atoms with Crippen LogP contribution >= 0.6 is 0 Å². The Morgan fingerprint density at radius 3 is 2.33 bits per heavy atom. The largest absolute Gasteiger partial charge is 0.396 e. The second-order valence-electron chi connectivity index (χ2n) is 5.86. The number of hydrogen-bond acceptors (Lipinski definition) is 2. The van der Waals surface area contributed by atoms with E-state index < -0.39 is 0 Å². The molecule has 0 radical (unpaired) electrons. The molecular formula is C13H25NO. The van der Waals surface area contributed by atoms with Crippen LogP contribution in [0.5, 0.6) is 0 Å². The third-order valence-corrected chi connectivity index (χ3v) is 4.40. The van der Waals surface area contributed by atoms with Crippen molar-refractivity contribution in [1.29, 1.82) is 0 Å². The van der Waals surface area contributed by atoms with Crippen LogP contribution in [0.2, 0.25) is 0 Å². The summed E-state index contributed by atoms with van der Waals surface area (Å²) in [5.74, 6) is 0.936. The molecule has 2 nitrogen and oxygen atoms in total. The van der Waals surface area contributed by atoms with Gasteiger partial charge in [-0.1, -0.05) is 19.3 Å². The van der Waals surface area contributed by atoms with E-state index in [2.05, 4.69) is 11.9 Å². The molecule has 2 aliphatic carbocycles. The SMILES string of the molecule is CN(CC1CCCC1)CC1(CO)CCC1. The number of hydrogen-bond donors (Lipinski definition) is 1. The van der Waals surface area contributed by atoms with Crippen LogP contribution in [-0.4, -0.2) is 36.8 Å². The second kappa shape index (κ2) is 4.84. The zero-order valence-corrected chi connectivity index (χ0v) is 10.0. The Kier molecular flexibility index (Phi) is 3.68. The van der Waals surface area contributed by atoms with Crippen LogP contribution in [-0.2, 0) is 0 Å². The summed E-state index contributed by atoms with van der Waals surface area (Å²) < 4.78 is 0. The molecule has 0 bridgehead atoms. The van der Waals surface area contributed by atoms with E-state index in [-0.39, 0.29) is 5.41 Å². The molecule has 0 amide bonds. The predicted molar refractivity (Wildman–Crippen MR) is 62.8 cm³/mol. The average Bonchev–Trinajstić information content (AvgIpc) is 2.64. The van der Waals surface area contributed by atoms with Crippen molar-refractivity contribution in [3.63, 3.8) is 0 Å². The molecule has 2 fully saturated rings. The fraction of sp³-hybridized carbons (Fsp3) is 1.00. The zero-order valence-electron chi connectivity index (χ0n) is 10.0. The van der Waals surface area contributed by atoms with Gasteiger partial charge in [0.2, 0.25) is 0 Å². The molecule has 88 valence electrons. The number of nitrogens with zero attached hydrogens (tertiary/aromatic N) is 1. The Hall–Kier alpha value is -0.0800. The van der Waals surface area contributed by atoms with E-state index in [0.29, 0.717) is 6.61 Å². The lowest BCUT2D eigenvalue weighted by molar-refractivity contribution is 0.0114. The van der Waals surface area contributed by atoms with Gasteiger partial charge in [-0.25, -0.2) is 0 Å². The summed E-state index contributed by atoms with van der Waals surface area (Å²) in [6, 6.07) is 0.